The van der Waals surface area contributed by atoms with E-state index in [1.54, 1.807) is 0 Å². The van der Waals surface area contributed by atoms with Gasteiger partial charge >= 0.3 is 0 Å². The predicted molar refractivity (Wildman–Crippen MR) is 94.2 cm³/mol. The summed E-state index contributed by atoms with van der Waals surface area (Å²) in [6.45, 7) is 1.47. The number of piperidine rings is 1. The topological polar surface area (TPSA) is 70.7 Å². The maximum absolute atomic E-state index is 12.6. The third-order valence-corrected chi connectivity index (χ3v) is 5.82. The summed E-state index contributed by atoms with van der Waals surface area (Å²) in [5.41, 5.74) is 0.102. The van der Waals surface area contributed by atoms with Gasteiger partial charge in [-0.05, 0) is 37.8 Å². The maximum Gasteiger partial charge on any atom is 0.225 e. The number of hydrogen-bond donors (Lipinski definition) is 1. The summed E-state index contributed by atoms with van der Waals surface area (Å²) in [4.78, 5) is 14.5. The molecule has 2 aromatic heterocycles. The standard InChI is InChI=1S/C19H26N4O2/c24-17(14-19(25)9-3-1-4-10-19)22-12-7-15(8-13-22)18-21-20-16-6-2-5-11-23(16)18/h2,5-6,11,15,25H,1,3-4,7-10,12-14H2. The lowest BCUT2D eigenvalue weighted by Crippen LogP contribution is -2.43. The van der Waals surface area contributed by atoms with Crippen LogP contribution in [-0.2, 0) is 4.79 Å². The van der Waals surface area contributed by atoms with Gasteiger partial charge < -0.3 is 10.0 Å². The van der Waals surface area contributed by atoms with E-state index in [-0.39, 0.29) is 12.3 Å². The van der Waals surface area contributed by atoms with Gasteiger partial charge in [0.05, 0.1) is 12.0 Å². The summed E-state index contributed by atoms with van der Waals surface area (Å²) in [7, 11) is 0. The van der Waals surface area contributed by atoms with Crippen LogP contribution in [0, 0.1) is 0 Å². The van der Waals surface area contributed by atoms with Crippen LogP contribution in [0.4, 0.5) is 0 Å². The highest BCUT2D eigenvalue weighted by molar-refractivity contribution is 5.77. The van der Waals surface area contributed by atoms with Crippen molar-refractivity contribution < 1.29 is 9.90 Å². The molecule has 0 unspecified atom stereocenters. The van der Waals surface area contributed by atoms with Gasteiger partial charge in [-0.25, -0.2) is 0 Å². The lowest BCUT2D eigenvalue weighted by molar-refractivity contribution is -0.138. The van der Waals surface area contributed by atoms with Crippen LogP contribution < -0.4 is 0 Å². The number of carbonyl (C=O) groups excluding carboxylic acids is 1. The van der Waals surface area contributed by atoms with Crippen LogP contribution >= 0.6 is 0 Å². The Morgan fingerprint density at radius 1 is 1.16 bits per heavy atom. The van der Waals surface area contributed by atoms with E-state index in [0.717, 1.165) is 63.1 Å². The third-order valence-electron chi connectivity index (χ3n) is 5.82. The number of hydrogen-bond acceptors (Lipinski definition) is 4. The molecule has 6 nitrogen and oxygen atoms in total. The van der Waals surface area contributed by atoms with E-state index < -0.39 is 5.60 Å². The molecule has 1 saturated carbocycles. The second-order valence-electron chi connectivity index (χ2n) is 7.60. The molecule has 2 aromatic rings. The fourth-order valence-corrected chi connectivity index (χ4v) is 4.31. The summed E-state index contributed by atoms with van der Waals surface area (Å²) < 4.78 is 2.05. The molecule has 1 aliphatic carbocycles. The van der Waals surface area contributed by atoms with Crippen molar-refractivity contribution in [2.45, 2.75) is 62.9 Å². The number of nitrogens with zero attached hydrogens (tertiary/aromatic N) is 4. The summed E-state index contributed by atoms with van der Waals surface area (Å²) in [6, 6.07) is 5.91. The third kappa shape index (κ3) is 3.40. The van der Waals surface area contributed by atoms with Crippen molar-refractivity contribution in [1.29, 1.82) is 0 Å². The van der Waals surface area contributed by atoms with Crippen LogP contribution in [0.1, 0.15) is 63.1 Å². The number of aliphatic hydroxyl groups is 1. The largest absolute Gasteiger partial charge is 0.389 e. The van der Waals surface area contributed by atoms with Crippen molar-refractivity contribution in [3.8, 4) is 0 Å². The Hall–Kier alpha value is -1.95. The molecule has 1 aliphatic heterocycles. The molecule has 0 aromatic carbocycles. The smallest absolute Gasteiger partial charge is 0.225 e. The van der Waals surface area contributed by atoms with Gasteiger partial charge in [-0.3, -0.25) is 9.20 Å². The number of carbonyl (C=O) groups is 1. The van der Waals surface area contributed by atoms with Crippen molar-refractivity contribution in [3.05, 3.63) is 30.2 Å². The first-order chi connectivity index (χ1) is 12.1. The summed E-state index contributed by atoms with van der Waals surface area (Å²) >= 11 is 0. The van der Waals surface area contributed by atoms with Gasteiger partial charge in [-0.2, -0.15) is 0 Å². The molecule has 0 radical (unpaired) electrons. The number of likely N-dealkylation sites (tertiary alicyclic amines) is 1. The molecule has 3 heterocycles. The Balaban J connectivity index is 1.37. The van der Waals surface area contributed by atoms with E-state index in [0.29, 0.717) is 5.92 Å². The maximum atomic E-state index is 12.6. The van der Waals surface area contributed by atoms with Crippen LogP contribution in [0.15, 0.2) is 24.4 Å². The molecule has 4 rings (SSSR count). The minimum Gasteiger partial charge on any atom is -0.389 e. The van der Waals surface area contributed by atoms with E-state index >= 15 is 0 Å². The Morgan fingerprint density at radius 2 is 1.92 bits per heavy atom. The second-order valence-corrected chi connectivity index (χ2v) is 7.60. The van der Waals surface area contributed by atoms with E-state index in [2.05, 4.69) is 10.2 Å². The van der Waals surface area contributed by atoms with Gasteiger partial charge in [0.25, 0.3) is 0 Å². The van der Waals surface area contributed by atoms with E-state index in [1.165, 1.54) is 6.42 Å². The Kier molecular flexibility index (Phi) is 4.46. The van der Waals surface area contributed by atoms with E-state index in [4.69, 9.17) is 0 Å². The normalized spacial score (nSPS) is 21.6. The minimum atomic E-state index is -0.768. The lowest BCUT2D eigenvalue weighted by Gasteiger charge is -2.36. The summed E-state index contributed by atoms with van der Waals surface area (Å²) in [6.07, 6.45) is 8.86. The number of aromatic nitrogens is 3. The van der Waals surface area contributed by atoms with Gasteiger partial charge in [0, 0.05) is 25.2 Å². The first-order valence-electron chi connectivity index (χ1n) is 9.44. The molecule has 1 amide bonds. The number of amides is 1. The van der Waals surface area contributed by atoms with Crippen LogP contribution in [0.3, 0.4) is 0 Å². The van der Waals surface area contributed by atoms with Crippen molar-refractivity contribution in [3.63, 3.8) is 0 Å². The van der Waals surface area contributed by atoms with Gasteiger partial charge in [0.1, 0.15) is 5.82 Å². The highest BCUT2D eigenvalue weighted by Crippen LogP contribution is 2.33. The molecule has 2 aliphatic rings. The van der Waals surface area contributed by atoms with E-state index in [1.807, 2.05) is 33.7 Å². The zero-order chi connectivity index (χ0) is 17.3. The Bertz CT molecular complexity index is 743. The molecule has 0 bridgehead atoms. The van der Waals surface area contributed by atoms with Crippen molar-refractivity contribution in [2.75, 3.05) is 13.1 Å². The summed E-state index contributed by atoms with van der Waals surface area (Å²) in [5.74, 6) is 1.43. The minimum absolute atomic E-state index is 0.106. The van der Waals surface area contributed by atoms with Crippen LogP contribution in [0.25, 0.3) is 5.65 Å². The second kappa shape index (κ2) is 6.75. The highest BCUT2D eigenvalue weighted by atomic mass is 16.3. The fraction of sp³-hybridized carbons (Fsp3) is 0.632. The zero-order valence-electron chi connectivity index (χ0n) is 14.6. The molecule has 25 heavy (non-hydrogen) atoms. The SMILES string of the molecule is O=C(CC1(O)CCCCC1)N1CCC(c2nnc3ccccn23)CC1. The first kappa shape index (κ1) is 16.5. The molecule has 0 spiro atoms. The quantitative estimate of drug-likeness (QED) is 0.930. The van der Waals surface area contributed by atoms with Crippen LogP contribution in [-0.4, -0.2) is 49.2 Å². The van der Waals surface area contributed by atoms with Gasteiger partial charge in [0.15, 0.2) is 5.65 Å². The fourth-order valence-electron chi connectivity index (χ4n) is 4.31. The number of pyridine rings is 1. The number of fused-ring (bicyclic) bond motifs is 1. The van der Waals surface area contributed by atoms with E-state index in [9.17, 15) is 9.90 Å². The molecular weight excluding hydrogens is 316 g/mol. The number of rotatable bonds is 3. The Morgan fingerprint density at radius 3 is 2.68 bits per heavy atom. The van der Waals surface area contributed by atoms with Crippen molar-refractivity contribution in [2.24, 2.45) is 0 Å². The van der Waals surface area contributed by atoms with Crippen LogP contribution in [0.5, 0.6) is 0 Å². The lowest BCUT2D eigenvalue weighted by atomic mass is 9.82. The molecule has 0 atom stereocenters. The molecular formula is C19H26N4O2. The van der Waals surface area contributed by atoms with Crippen molar-refractivity contribution in [1.82, 2.24) is 19.5 Å². The average molecular weight is 342 g/mol. The monoisotopic (exact) mass is 342 g/mol. The first-order valence-corrected chi connectivity index (χ1v) is 9.44. The van der Waals surface area contributed by atoms with Crippen molar-refractivity contribution >= 4 is 11.6 Å². The Labute approximate surface area is 147 Å². The van der Waals surface area contributed by atoms with Crippen LogP contribution in [0.2, 0.25) is 0 Å². The van der Waals surface area contributed by atoms with Gasteiger partial charge in [-0.1, -0.05) is 25.3 Å². The molecule has 2 fully saturated rings. The predicted octanol–water partition coefficient (Wildman–Crippen LogP) is 2.52. The molecule has 134 valence electrons. The highest BCUT2D eigenvalue weighted by Gasteiger charge is 2.34. The van der Waals surface area contributed by atoms with Gasteiger partial charge in [-0.15, -0.1) is 10.2 Å². The summed E-state index contributed by atoms with van der Waals surface area (Å²) in [5, 5.41) is 19.2. The molecule has 6 heteroatoms. The van der Waals surface area contributed by atoms with Gasteiger partial charge in [0.2, 0.25) is 5.91 Å². The molecule has 1 N–H and O–H groups in total. The zero-order valence-corrected chi connectivity index (χ0v) is 14.6. The molecule has 1 saturated heterocycles. The average Bonchev–Trinajstić information content (AvgIpc) is 3.06.